The quantitative estimate of drug-likeness (QED) is 0.541. The van der Waals surface area contributed by atoms with Gasteiger partial charge in [-0.25, -0.2) is 4.79 Å². The molecule has 24 heavy (non-hydrogen) atoms. The van der Waals surface area contributed by atoms with Crippen LogP contribution in [-0.4, -0.2) is 41.7 Å². The van der Waals surface area contributed by atoms with E-state index >= 15 is 0 Å². The standard InChI is InChI=1S/C13H14F2N2O7/c1-3-7(12(19)20)16-11(18)6-4-9(23-2)10(24-13(14)15)5-8(6)17(21)22/h4-5,7,13H,3H2,1-2H3,(H,16,18)(H,19,20). The molecule has 0 spiro atoms. The van der Waals surface area contributed by atoms with Crippen LogP contribution in [0.2, 0.25) is 0 Å². The molecule has 1 atom stereocenters. The van der Waals surface area contributed by atoms with Gasteiger partial charge in [-0.2, -0.15) is 8.78 Å². The summed E-state index contributed by atoms with van der Waals surface area (Å²) in [7, 11) is 1.09. The van der Waals surface area contributed by atoms with E-state index in [1.807, 2.05) is 0 Å². The molecular weight excluding hydrogens is 334 g/mol. The SMILES string of the molecule is CCC(NC(=O)c1cc(OC)c(OC(F)F)cc1[N+](=O)[O-])C(=O)O. The second-order valence-electron chi connectivity index (χ2n) is 4.43. The number of amides is 1. The van der Waals surface area contributed by atoms with Crippen molar-refractivity contribution >= 4 is 17.6 Å². The van der Waals surface area contributed by atoms with E-state index in [2.05, 4.69) is 10.1 Å². The van der Waals surface area contributed by atoms with Crippen molar-refractivity contribution in [3.63, 3.8) is 0 Å². The zero-order valence-corrected chi connectivity index (χ0v) is 12.6. The summed E-state index contributed by atoms with van der Waals surface area (Å²) in [5.41, 5.74) is -1.37. The van der Waals surface area contributed by atoms with Crippen LogP contribution in [-0.2, 0) is 4.79 Å². The molecule has 0 fully saturated rings. The number of nitrogens with one attached hydrogen (secondary N) is 1. The second-order valence-corrected chi connectivity index (χ2v) is 4.43. The summed E-state index contributed by atoms with van der Waals surface area (Å²) in [5, 5.41) is 22.1. The Morgan fingerprint density at radius 3 is 2.42 bits per heavy atom. The number of carboxylic acid groups (broad SMARTS) is 1. The zero-order chi connectivity index (χ0) is 18.4. The number of carbonyl (C=O) groups excluding carboxylic acids is 1. The van der Waals surface area contributed by atoms with E-state index in [0.717, 1.165) is 13.2 Å². The summed E-state index contributed by atoms with van der Waals surface area (Å²) in [6.07, 6.45) is 0.0403. The first-order chi connectivity index (χ1) is 11.2. The Kier molecular flexibility index (Phi) is 6.38. The Morgan fingerprint density at radius 1 is 1.38 bits per heavy atom. The summed E-state index contributed by atoms with van der Waals surface area (Å²) in [6.45, 7) is -1.76. The van der Waals surface area contributed by atoms with Crippen LogP contribution in [0, 0.1) is 10.1 Å². The van der Waals surface area contributed by atoms with Gasteiger partial charge in [0, 0.05) is 6.07 Å². The lowest BCUT2D eigenvalue weighted by Gasteiger charge is -2.14. The van der Waals surface area contributed by atoms with E-state index < -0.39 is 46.5 Å². The highest BCUT2D eigenvalue weighted by Gasteiger charge is 2.28. The first-order valence-corrected chi connectivity index (χ1v) is 6.56. The van der Waals surface area contributed by atoms with Crippen molar-refractivity contribution in [3.8, 4) is 11.5 Å². The molecule has 1 amide bonds. The monoisotopic (exact) mass is 348 g/mol. The molecule has 1 rings (SSSR count). The van der Waals surface area contributed by atoms with Gasteiger partial charge in [0.15, 0.2) is 11.5 Å². The van der Waals surface area contributed by atoms with Crippen LogP contribution in [0.4, 0.5) is 14.5 Å². The zero-order valence-electron chi connectivity index (χ0n) is 12.6. The van der Waals surface area contributed by atoms with Crippen LogP contribution < -0.4 is 14.8 Å². The number of rotatable bonds is 8. The molecule has 0 aliphatic rings. The Hall–Kier alpha value is -2.98. The number of nitro benzene ring substituents is 1. The van der Waals surface area contributed by atoms with Crippen LogP contribution in [0.25, 0.3) is 0 Å². The van der Waals surface area contributed by atoms with Crippen LogP contribution >= 0.6 is 0 Å². The smallest absolute Gasteiger partial charge is 0.387 e. The summed E-state index contributed by atoms with van der Waals surface area (Å²) < 4.78 is 33.6. The Morgan fingerprint density at radius 2 is 2.00 bits per heavy atom. The number of hydrogen-bond donors (Lipinski definition) is 2. The number of carboxylic acids is 1. The second kappa shape index (κ2) is 8.04. The van der Waals surface area contributed by atoms with Crippen molar-refractivity contribution in [1.29, 1.82) is 0 Å². The summed E-state index contributed by atoms with van der Waals surface area (Å²) in [5.74, 6) is -3.34. The molecule has 0 bridgehead atoms. The van der Waals surface area contributed by atoms with Crippen LogP contribution in [0.15, 0.2) is 12.1 Å². The predicted molar refractivity (Wildman–Crippen MR) is 75.5 cm³/mol. The summed E-state index contributed by atoms with van der Waals surface area (Å²) in [6, 6.07) is 0.182. The van der Waals surface area contributed by atoms with Crippen molar-refractivity contribution in [1.82, 2.24) is 5.32 Å². The lowest BCUT2D eigenvalue weighted by molar-refractivity contribution is -0.385. The van der Waals surface area contributed by atoms with Gasteiger partial charge in [0.2, 0.25) is 0 Å². The van der Waals surface area contributed by atoms with Crippen molar-refractivity contribution in [3.05, 3.63) is 27.8 Å². The average molecular weight is 348 g/mol. The molecular formula is C13H14F2N2O7. The largest absolute Gasteiger partial charge is 0.493 e. The molecule has 0 saturated heterocycles. The lowest BCUT2D eigenvalue weighted by atomic mass is 10.1. The maximum Gasteiger partial charge on any atom is 0.387 e. The molecule has 9 nitrogen and oxygen atoms in total. The topological polar surface area (TPSA) is 128 Å². The fourth-order valence-electron chi connectivity index (χ4n) is 1.80. The number of benzene rings is 1. The predicted octanol–water partition coefficient (Wildman–Crippen LogP) is 1.80. The Balaban J connectivity index is 3.32. The fraction of sp³-hybridized carbons (Fsp3) is 0.385. The Bertz CT molecular complexity index is 651. The molecule has 1 unspecified atom stereocenters. The third kappa shape index (κ3) is 4.51. The Labute approximate surface area is 134 Å². The number of ether oxygens (including phenoxy) is 2. The summed E-state index contributed by atoms with van der Waals surface area (Å²) >= 11 is 0. The third-order valence-corrected chi connectivity index (χ3v) is 2.95. The summed E-state index contributed by atoms with van der Waals surface area (Å²) in [4.78, 5) is 33.2. The number of hydrogen-bond acceptors (Lipinski definition) is 6. The number of alkyl halides is 2. The van der Waals surface area contributed by atoms with Gasteiger partial charge >= 0.3 is 12.6 Å². The molecule has 0 saturated carbocycles. The number of nitro groups is 1. The van der Waals surface area contributed by atoms with Gasteiger partial charge in [-0.3, -0.25) is 14.9 Å². The van der Waals surface area contributed by atoms with E-state index in [1.165, 1.54) is 6.92 Å². The highest BCUT2D eigenvalue weighted by Crippen LogP contribution is 2.35. The van der Waals surface area contributed by atoms with E-state index in [1.54, 1.807) is 0 Å². The van der Waals surface area contributed by atoms with Gasteiger partial charge in [-0.15, -0.1) is 0 Å². The number of methoxy groups -OCH3 is 1. The molecule has 0 radical (unpaired) electrons. The van der Waals surface area contributed by atoms with E-state index in [4.69, 9.17) is 9.84 Å². The maximum absolute atomic E-state index is 12.3. The van der Waals surface area contributed by atoms with E-state index in [-0.39, 0.29) is 12.2 Å². The van der Waals surface area contributed by atoms with Crippen molar-refractivity contribution < 1.29 is 37.9 Å². The normalized spacial score (nSPS) is 11.7. The average Bonchev–Trinajstić information content (AvgIpc) is 2.50. The first-order valence-electron chi connectivity index (χ1n) is 6.56. The maximum atomic E-state index is 12.3. The van der Waals surface area contributed by atoms with E-state index in [0.29, 0.717) is 6.07 Å². The number of aliphatic carboxylic acids is 1. The molecule has 1 aromatic carbocycles. The van der Waals surface area contributed by atoms with Crippen LogP contribution in [0.5, 0.6) is 11.5 Å². The minimum Gasteiger partial charge on any atom is -0.493 e. The lowest BCUT2D eigenvalue weighted by Crippen LogP contribution is -2.40. The van der Waals surface area contributed by atoms with Crippen molar-refractivity contribution in [2.75, 3.05) is 7.11 Å². The minimum absolute atomic E-state index is 0.0403. The molecule has 0 heterocycles. The molecule has 0 aliphatic carbocycles. The minimum atomic E-state index is -3.25. The van der Waals surface area contributed by atoms with Gasteiger partial charge in [-0.1, -0.05) is 6.92 Å². The molecule has 0 aromatic heterocycles. The molecule has 0 aliphatic heterocycles. The first kappa shape index (κ1) is 19.1. The number of carbonyl (C=O) groups is 2. The van der Waals surface area contributed by atoms with Gasteiger partial charge in [0.1, 0.15) is 11.6 Å². The molecule has 11 heteroatoms. The van der Waals surface area contributed by atoms with Gasteiger partial charge in [0.05, 0.1) is 18.1 Å². The van der Waals surface area contributed by atoms with Crippen LogP contribution in [0.1, 0.15) is 23.7 Å². The van der Waals surface area contributed by atoms with Gasteiger partial charge < -0.3 is 19.9 Å². The third-order valence-electron chi connectivity index (χ3n) is 2.95. The molecule has 1 aromatic rings. The van der Waals surface area contributed by atoms with Crippen molar-refractivity contribution in [2.24, 2.45) is 0 Å². The fourth-order valence-corrected chi connectivity index (χ4v) is 1.80. The van der Waals surface area contributed by atoms with Gasteiger partial charge in [0.25, 0.3) is 11.6 Å². The van der Waals surface area contributed by atoms with Crippen molar-refractivity contribution in [2.45, 2.75) is 26.0 Å². The number of halogens is 2. The highest BCUT2D eigenvalue weighted by molar-refractivity contribution is 6.00. The van der Waals surface area contributed by atoms with E-state index in [9.17, 15) is 28.5 Å². The molecule has 2 N–H and O–H groups in total. The van der Waals surface area contributed by atoms with Gasteiger partial charge in [-0.05, 0) is 6.42 Å². The highest BCUT2D eigenvalue weighted by atomic mass is 19.3. The van der Waals surface area contributed by atoms with Crippen LogP contribution in [0.3, 0.4) is 0 Å². The number of nitrogens with zero attached hydrogens (tertiary/aromatic N) is 1. The molecule has 132 valence electrons.